The number of nitrogens with one attached hydrogen (secondary N) is 1. The molecule has 0 spiro atoms. The van der Waals surface area contributed by atoms with Crippen molar-refractivity contribution in [3.63, 3.8) is 0 Å². The summed E-state index contributed by atoms with van der Waals surface area (Å²) in [5, 5.41) is 8.23. The number of anilines is 1. The number of nitrogens with zero attached hydrogens (tertiary/aromatic N) is 2. The number of halogens is 1. The maximum atomic E-state index is 6.05. The number of para-hydroxylation sites is 1. The van der Waals surface area contributed by atoms with Gasteiger partial charge < -0.3 is 5.32 Å². The first-order valence-corrected chi connectivity index (χ1v) is 5.52. The number of hydrogen-bond acceptors (Lipinski definition) is 2. The summed E-state index contributed by atoms with van der Waals surface area (Å²) in [7, 11) is 1.94. The third kappa shape index (κ3) is 2.19. The van der Waals surface area contributed by atoms with Gasteiger partial charge in [-0.3, -0.25) is 4.68 Å². The van der Waals surface area contributed by atoms with E-state index >= 15 is 0 Å². The molecule has 1 aromatic carbocycles. The molecule has 1 N–H and O–H groups in total. The Balaban J connectivity index is 2.08. The van der Waals surface area contributed by atoms with Gasteiger partial charge >= 0.3 is 0 Å². The molecule has 0 saturated carbocycles. The van der Waals surface area contributed by atoms with Crippen molar-refractivity contribution in [1.82, 2.24) is 9.78 Å². The molecule has 0 fully saturated rings. The van der Waals surface area contributed by atoms with Crippen LogP contribution < -0.4 is 5.32 Å². The molecule has 16 heavy (non-hydrogen) atoms. The van der Waals surface area contributed by atoms with Gasteiger partial charge in [-0.1, -0.05) is 23.7 Å². The molecule has 0 unspecified atom stereocenters. The first-order valence-electron chi connectivity index (χ1n) is 5.14. The quantitative estimate of drug-likeness (QED) is 0.887. The summed E-state index contributed by atoms with van der Waals surface area (Å²) in [6.45, 7) is 2.79. The molecular weight excluding hydrogens is 222 g/mol. The molecule has 0 aliphatic heterocycles. The van der Waals surface area contributed by atoms with Crippen molar-refractivity contribution in [2.24, 2.45) is 7.05 Å². The van der Waals surface area contributed by atoms with Crippen LogP contribution in [0.3, 0.4) is 0 Å². The van der Waals surface area contributed by atoms with Crippen LogP contribution in [-0.4, -0.2) is 9.78 Å². The van der Waals surface area contributed by atoms with E-state index in [9.17, 15) is 0 Å². The van der Waals surface area contributed by atoms with Crippen LogP contribution in [0.5, 0.6) is 0 Å². The van der Waals surface area contributed by atoms with Crippen LogP contribution in [0.15, 0.2) is 30.5 Å². The van der Waals surface area contributed by atoms with Gasteiger partial charge in [-0.2, -0.15) is 5.10 Å². The van der Waals surface area contributed by atoms with Crippen LogP contribution in [0.4, 0.5) is 5.69 Å². The van der Waals surface area contributed by atoms with Crippen LogP contribution in [0.25, 0.3) is 0 Å². The summed E-state index contributed by atoms with van der Waals surface area (Å²) in [4.78, 5) is 0. The first kappa shape index (κ1) is 11.0. The first-order chi connectivity index (χ1) is 7.68. The molecule has 0 bridgehead atoms. The van der Waals surface area contributed by atoms with Crippen LogP contribution in [0.2, 0.25) is 5.02 Å². The zero-order valence-electron chi connectivity index (χ0n) is 9.37. The molecule has 0 aliphatic carbocycles. The van der Waals surface area contributed by atoms with Gasteiger partial charge in [-0.25, -0.2) is 0 Å². The lowest BCUT2D eigenvalue weighted by Gasteiger charge is -2.07. The average Bonchev–Trinajstić information content (AvgIpc) is 2.59. The van der Waals surface area contributed by atoms with Crippen LogP contribution in [-0.2, 0) is 13.6 Å². The Kier molecular flexibility index (Phi) is 3.15. The lowest BCUT2D eigenvalue weighted by molar-refractivity contribution is 0.738. The van der Waals surface area contributed by atoms with Gasteiger partial charge in [0.25, 0.3) is 0 Å². The zero-order chi connectivity index (χ0) is 11.5. The van der Waals surface area contributed by atoms with E-state index in [-0.39, 0.29) is 0 Å². The Labute approximate surface area is 100 Å². The van der Waals surface area contributed by atoms with Gasteiger partial charge in [0.1, 0.15) is 0 Å². The van der Waals surface area contributed by atoms with Gasteiger partial charge in [-0.05, 0) is 19.1 Å². The molecule has 0 amide bonds. The van der Waals surface area contributed by atoms with Crippen LogP contribution >= 0.6 is 11.6 Å². The molecule has 0 saturated heterocycles. The Hall–Kier alpha value is -1.48. The van der Waals surface area contributed by atoms with E-state index in [1.54, 1.807) is 0 Å². The smallest absolute Gasteiger partial charge is 0.0637 e. The van der Waals surface area contributed by atoms with Gasteiger partial charge in [0.15, 0.2) is 0 Å². The van der Waals surface area contributed by atoms with Crippen molar-refractivity contribution in [3.05, 3.63) is 46.7 Å². The highest BCUT2D eigenvalue weighted by atomic mass is 35.5. The normalized spacial score (nSPS) is 10.4. The Bertz CT molecular complexity index is 491. The summed E-state index contributed by atoms with van der Waals surface area (Å²) in [5.41, 5.74) is 3.30. The Morgan fingerprint density at radius 3 is 2.75 bits per heavy atom. The molecule has 1 aromatic heterocycles. The molecule has 0 aliphatic rings. The van der Waals surface area contributed by atoms with Gasteiger partial charge in [-0.15, -0.1) is 0 Å². The molecular formula is C12H14ClN3. The lowest BCUT2D eigenvalue weighted by atomic mass is 10.2. The van der Waals surface area contributed by atoms with Crippen LogP contribution in [0.1, 0.15) is 11.3 Å². The zero-order valence-corrected chi connectivity index (χ0v) is 10.1. The number of aromatic nitrogens is 2. The molecule has 3 nitrogen and oxygen atoms in total. The molecule has 4 heteroatoms. The molecule has 1 heterocycles. The van der Waals surface area contributed by atoms with Crippen molar-refractivity contribution in [1.29, 1.82) is 0 Å². The maximum Gasteiger partial charge on any atom is 0.0637 e. The highest BCUT2D eigenvalue weighted by Gasteiger charge is 2.04. The lowest BCUT2D eigenvalue weighted by Crippen LogP contribution is -2.01. The van der Waals surface area contributed by atoms with Gasteiger partial charge in [0.05, 0.1) is 16.9 Å². The van der Waals surface area contributed by atoms with Gasteiger partial charge in [0.2, 0.25) is 0 Å². The van der Waals surface area contributed by atoms with Crippen LogP contribution in [0, 0.1) is 6.92 Å². The minimum absolute atomic E-state index is 0.739. The minimum Gasteiger partial charge on any atom is -0.380 e. The van der Waals surface area contributed by atoms with Gasteiger partial charge in [0, 0.05) is 24.8 Å². The van der Waals surface area contributed by atoms with E-state index in [0.29, 0.717) is 0 Å². The van der Waals surface area contributed by atoms with E-state index in [0.717, 1.165) is 17.3 Å². The van der Waals surface area contributed by atoms with E-state index in [1.807, 2.05) is 42.2 Å². The third-order valence-electron chi connectivity index (χ3n) is 2.68. The second kappa shape index (κ2) is 4.58. The van der Waals surface area contributed by atoms with E-state index in [1.165, 1.54) is 11.3 Å². The number of rotatable bonds is 3. The fourth-order valence-corrected chi connectivity index (χ4v) is 1.72. The predicted octanol–water partition coefficient (Wildman–Crippen LogP) is 2.99. The van der Waals surface area contributed by atoms with E-state index in [2.05, 4.69) is 17.3 Å². The van der Waals surface area contributed by atoms with E-state index in [4.69, 9.17) is 11.6 Å². The molecule has 0 radical (unpaired) electrons. The average molecular weight is 236 g/mol. The second-order valence-electron chi connectivity index (χ2n) is 3.71. The highest BCUT2D eigenvalue weighted by Crippen LogP contribution is 2.21. The number of aryl methyl sites for hydroxylation is 1. The summed E-state index contributed by atoms with van der Waals surface area (Å²) < 4.78 is 1.86. The molecule has 0 atom stereocenters. The summed E-state index contributed by atoms with van der Waals surface area (Å²) in [5.74, 6) is 0. The van der Waals surface area contributed by atoms with E-state index < -0.39 is 0 Å². The molecule has 2 aromatic rings. The highest BCUT2D eigenvalue weighted by molar-refractivity contribution is 6.33. The molecule has 2 rings (SSSR count). The monoisotopic (exact) mass is 235 g/mol. The van der Waals surface area contributed by atoms with Crippen molar-refractivity contribution >= 4 is 17.3 Å². The summed E-state index contributed by atoms with van der Waals surface area (Å²) >= 11 is 6.05. The predicted molar refractivity (Wildman–Crippen MR) is 66.7 cm³/mol. The summed E-state index contributed by atoms with van der Waals surface area (Å²) in [6.07, 6.45) is 1.87. The molecule has 84 valence electrons. The topological polar surface area (TPSA) is 29.9 Å². The van der Waals surface area contributed by atoms with Crippen molar-refractivity contribution in [2.75, 3.05) is 5.32 Å². The fourth-order valence-electron chi connectivity index (χ4n) is 1.51. The largest absolute Gasteiger partial charge is 0.380 e. The Morgan fingerprint density at radius 2 is 2.12 bits per heavy atom. The number of hydrogen-bond donors (Lipinski definition) is 1. The standard InChI is InChI=1S/C12H14ClN3/c1-9-10(8-15-16(9)2)7-14-12-6-4-3-5-11(12)13/h3-6,8,14H,7H2,1-2H3. The third-order valence-corrected chi connectivity index (χ3v) is 3.01. The Morgan fingerprint density at radius 1 is 1.38 bits per heavy atom. The summed E-state index contributed by atoms with van der Waals surface area (Å²) in [6, 6.07) is 7.72. The van der Waals surface area contributed by atoms with Crippen molar-refractivity contribution in [3.8, 4) is 0 Å². The second-order valence-corrected chi connectivity index (χ2v) is 4.12. The fraction of sp³-hybridized carbons (Fsp3) is 0.250. The van der Waals surface area contributed by atoms with Crippen molar-refractivity contribution in [2.45, 2.75) is 13.5 Å². The minimum atomic E-state index is 0.739. The maximum absolute atomic E-state index is 6.05. The SMILES string of the molecule is Cc1c(CNc2ccccc2Cl)cnn1C. The number of benzene rings is 1. The van der Waals surface area contributed by atoms with Crippen molar-refractivity contribution < 1.29 is 0 Å².